The predicted octanol–water partition coefficient (Wildman–Crippen LogP) is 3.22. The second-order valence-electron chi connectivity index (χ2n) is 5.71. The van der Waals surface area contributed by atoms with Gasteiger partial charge in [0.15, 0.2) is 0 Å². The molecule has 4 heteroatoms. The molecule has 0 saturated heterocycles. The Balaban J connectivity index is 1.59. The predicted molar refractivity (Wildman–Crippen MR) is 89.1 cm³/mol. The second kappa shape index (κ2) is 6.20. The minimum Gasteiger partial charge on any atom is -0.506 e. The van der Waals surface area contributed by atoms with Crippen LogP contribution in [-0.4, -0.2) is 21.6 Å². The molecule has 0 aliphatic carbocycles. The third-order valence-corrected chi connectivity index (χ3v) is 3.88. The Labute approximate surface area is 130 Å². The van der Waals surface area contributed by atoms with Gasteiger partial charge in [-0.3, -0.25) is 4.98 Å². The number of aromatic nitrogens is 2. The number of benzene rings is 1. The van der Waals surface area contributed by atoms with Crippen LogP contribution >= 0.6 is 0 Å². The summed E-state index contributed by atoms with van der Waals surface area (Å²) in [7, 11) is 0. The molecule has 0 saturated carbocycles. The first-order valence-electron chi connectivity index (χ1n) is 7.56. The first kappa shape index (κ1) is 14.6. The summed E-state index contributed by atoms with van der Waals surface area (Å²) < 4.78 is 0. The van der Waals surface area contributed by atoms with Crippen molar-refractivity contribution in [2.45, 2.75) is 26.8 Å². The van der Waals surface area contributed by atoms with Crippen LogP contribution in [0.4, 0.5) is 0 Å². The number of hydrogen-bond donors (Lipinski definition) is 3. The van der Waals surface area contributed by atoms with Gasteiger partial charge in [0, 0.05) is 29.3 Å². The highest BCUT2D eigenvalue weighted by atomic mass is 16.3. The Morgan fingerprint density at radius 1 is 1.18 bits per heavy atom. The Morgan fingerprint density at radius 3 is 2.91 bits per heavy atom. The largest absolute Gasteiger partial charge is 0.506 e. The third-order valence-electron chi connectivity index (χ3n) is 3.88. The average Bonchev–Trinajstić information content (AvgIpc) is 2.89. The molecular weight excluding hydrogens is 274 g/mol. The van der Waals surface area contributed by atoms with Gasteiger partial charge in [0.25, 0.3) is 0 Å². The van der Waals surface area contributed by atoms with E-state index in [9.17, 15) is 5.11 Å². The van der Waals surface area contributed by atoms with E-state index in [1.807, 2.05) is 13.0 Å². The van der Waals surface area contributed by atoms with Crippen molar-refractivity contribution in [3.8, 4) is 5.75 Å². The van der Waals surface area contributed by atoms with Crippen LogP contribution in [0.2, 0.25) is 0 Å². The third kappa shape index (κ3) is 3.12. The van der Waals surface area contributed by atoms with E-state index in [2.05, 4.69) is 46.6 Å². The number of pyridine rings is 1. The molecule has 0 radical (unpaired) electrons. The first-order chi connectivity index (χ1) is 10.6. The van der Waals surface area contributed by atoms with E-state index < -0.39 is 0 Å². The zero-order chi connectivity index (χ0) is 15.5. The quantitative estimate of drug-likeness (QED) is 0.633. The molecule has 4 nitrogen and oxygen atoms in total. The van der Waals surface area contributed by atoms with Gasteiger partial charge in [-0.05, 0) is 56.1 Å². The summed E-state index contributed by atoms with van der Waals surface area (Å²) in [6.45, 7) is 5.45. The zero-order valence-electron chi connectivity index (χ0n) is 13.0. The van der Waals surface area contributed by atoms with Crippen molar-refractivity contribution in [2.24, 2.45) is 0 Å². The lowest BCUT2D eigenvalue weighted by Crippen LogP contribution is -2.17. The number of rotatable bonds is 5. The van der Waals surface area contributed by atoms with Crippen molar-refractivity contribution < 1.29 is 5.11 Å². The van der Waals surface area contributed by atoms with Crippen LogP contribution in [0.5, 0.6) is 5.75 Å². The lowest BCUT2D eigenvalue weighted by Gasteiger charge is -2.07. The number of aromatic hydroxyl groups is 1. The van der Waals surface area contributed by atoms with Gasteiger partial charge < -0.3 is 15.4 Å². The molecule has 0 bridgehead atoms. The Kier molecular flexibility index (Phi) is 4.11. The van der Waals surface area contributed by atoms with E-state index in [1.54, 1.807) is 6.07 Å². The molecular formula is C18H21N3O. The van der Waals surface area contributed by atoms with Crippen molar-refractivity contribution in [1.29, 1.82) is 0 Å². The molecule has 2 aromatic heterocycles. The van der Waals surface area contributed by atoms with Gasteiger partial charge in [-0.1, -0.05) is 12.1 Å². The van der Waals surface area contributed by atoms with Crippen LogP contribution < -0.4 is 5.32 Å². The number of hydrogen-bond acceptors (Lipinski definition) is 3. The molecule has 114 valence electrons. The van der Waals surface area contributed by atoms with E-state index >= 15 is 0 Å². The molecule has 0 amide bonds. The molecule has 0 aliphatic heterocycles. The standard InChI is InChI=1S/C18H21N3O/c1-12-3-5-15-14(10-20-16(15)9-12)7-8-19-11-17-18(22)6-4-13(2)21-17/h3-6,9-10,19-20,22H,7-8,11H2,1-2H3. The van der Waals surface area contributed by atoms with E-state index in [4.69, 9.17) is 0 Å². The lowest BCUT2D eigenvalue weighted by molar-refractivity contribution is 0.459. The fourth-order valence-electron chi connectivity index (χ4n) is 2.67. The maximum Gasteiger partial charge on any atom is 0.138 e. The number of aryl methyl sites for hydroxylation is 2. The van der Waals surface area contributed by atoms with Gasteiger partial charge in [-0.2, -0.15) is 0 Å². The summed E-state index contributed by atoms with van der Waals surface area (Å²) >= 11 is 0. The molecule has 0 spiro atoms. The molecule has 0 aliphatic rings. The van der Waals surface area contributed by atoms with Gasteiger partial charge >= 0.3 is 0 Å². The van der Waals surface area contributed by atoms with Crippen molar-refractivity contribution in [3.63, 3.8) is 0 Å². The molecule has 0 atom stereocenters. The van der Waals surface area contributed by atoms with Crippen molar-refractivity contribution >= 4 is 10.9 Å². The monoisotopic (exact) mass is 295 g/mol. The fraction of sp³-hybridized carbons (Fsp3) is 0.278. The Morgan fingerprint density at radius 2 is 2.05 bits per heavy atom. The van der Waals surface area contributed by atoms with Gasteiger partial charge in [0.2, 0.25) is 0 Å². The van der Waals surface area contributed by atoms with Crippen LogP contribution in [0.1, 0.15) is 22.5 Å². The SMILES string of the molecule is Cc1ccc2c(CCNCc3nc(C)ccc3O)c[nH]c2c1. The van der Waals surface area contributed by atoms with E-state index in [0.717, 1.165) is 18.7 Å². The average molecular weight is 295 g/mol. The van der Waals surface area contributed by atoms with Gasteiger partial charge in [0.05, 0.1) is 5.69 Å². The molecule has 1 aromatic carbocycles. The Bertz CT molecular complexity index is 792. The van der Waals surface area contributed by atoms with Gasteiger partial charge in [0.1, 0.15) is 5.75 Å². The van der Waals surface area contributed by atoms with Gasteiger partial charge in [-0.15, -0.1) is 0 Å². The highest BCUT2D eigenvalue weighted by Crippen LogP contribution is 2.20. The van der Waals surface area contributed by atoms with E-state index in [1.165, 1.54) is 22.0 Å². The van der Waals surface area contributed by atoms with Crippen molar-refractivity contribution in [3.05, 3.63) is 59.0 Å². The minimum atomic E-state index is 0.251. The highest BCUT2D eigenvalue weighted by molar-refractivity contribution is 5.83. The first-order valence-corrected chi connectivity index (χ1v) is 7.56. The number of H-pyrrole nitrogens is 1. The van der Waals surface area contributed by atoms with Gasteiger partial charge in [-0.25, -0.2) is 0 Å². The molecule has 3 rings (SSSR count). The van der Waals surface area contributed by atoms with Crippen LogP contribution in [0.15, 0.2) is 36.5 Å². The smallest absolute Gasteiger partial charge is 0.138 e. The summed E-state index contributed by atoms with van der Waals surface area (Å²) in [5, 5.41) is 14.4. The second-order valence-corrected chi connectivity index (χ2v) is 5.71. The van der Waals surface area contributed by atoms with Crippen molar-refractivity contribution in [2.75, 3.05) is 6.54 Å². The molecule has 3 aromatic rings. The van der Waals surface area contributed by atoms with E-state index in [0.29, 0.717) is 12.2 Å². The number of fused-ring (bicyclic) bond motifs is 1. The number of nitrogens with one attached hydrogen (secondary N) is 2. The number of nitrogens with zero attached hydrogens (tertiary/aromatic N) is 1. The van der Waals surface area contributed by atoms with Crippen LogP contribution in [0.3, 0.4) is 0 Å². The molecule has 3 N–H and O–H groups in total. The lowest BCUT2D eigenvalue weighted by atomic mass is 10.1. The molecule has 0 fully saturated rings. The van der Waals surface area contributed by atoms with Crippen LogP contribution in [0.25, 0.3) is 10.9 Å². The maximum atomic E-state index is 9.78. The normalized spacial score (nSPS) is 11.2. The summed E-state index contributed by atoms with van der Waals surface area (Å²) in [6.07, 6.45) is 3.02. The van der Waals surface area contributed by atoms with E-state index in [-0.39, 0.29) is 5.75 Å². The molecule has 2 heterocycles. The highest BCUT2D eigenvalue weighted by Gasteiger charge is 2.05. The van der Waals surface area contributed by atoms with Crippen LogP contribution in [-0.2, 0) is 13.0 Å². The summed E-state index contributed by atoms with van der Waals surface area (Å²) in [4.78, 5) is 7.67. The topological polar surface area (TPSA) is 60.9 Å². The summed E-state index contributed by atoms with van der Waals surface area (Å²) in [5.74, 6) is 0.251. The van der Waals surface area contributed by atoms with Crippen molar-refractivity contribution in [1.82, 2.24) is 15.3 Å². The van der Waals surface area contributed by atoms with Crippen LogP contribution in [0, 0.1) is 13.8 Å². The summed E-state index contributed by atoms with van der Waals surface area (Å²) in [5.41, 5.74) is 5.38. The molecule has 22 heavy (non-hydrogen) atoms. The molecule has 0 unspecified atom stereocenters. The number of aromatic amines is 1. The Hall–Kier alpha value is -2.33. The summed E-state index contributed by atoms with van der Waals surface area (Å²) in [6, 6.07) is 9.99. The zero-order valence-corrected chi connectivity index (χ0v) is 13.0. The minimum absolute atomic E-state index is 0.251. The maximum absolute atomic E-state index is 9.78. The fourth-order valence-corrected chi connectivity index (χ4v) is 2.67.